The van der Waals surface area contributed by atoms with Crippen LogP contribution in [0.2, 0.25) is 0 Å². The molecule has 1 unspecified atom stereocenters. The number of hydrogen-bond donors (Lipinski definition) is 0. The highest BCUT2D eigenvalue weighted by Crippen LogP contribution is 2.36. The van der Waals surface area contributed by atoms with Crippen LogP contribution in [0, 0.1) is 5.92 Å². The van der Waals surface area contributed by atoms with Crippen molar-refractivity contribution in [2.24, 2.45) is 5.92 Å². The summed E-state index contributed by atoms with van der Waals surface area (Å²) in [6.45, 7) is 1.30. The van der Waals surface area contributed by atoms with Gasteiger partial charge >= 0.3 is 0 Å². The SMILES string of the molecule is CN1CCCC2CC(Br)=CC[C@@H]21. The van der Waals surface area contributed by atoms with E-state index in [1.54, 1.807) is 0 Å². The molecule has 1 aliphatic carbocycles. The number of rotatable bonds is 0. The zero-order valence-corrected chi connectivity index (χ0v) is 9.18. The molecule has 68 valence electrons. The summed E-state index contributed by atoms with van der Waals surface area (Å²) in [5, 5.41) is 0. The summed E-state index contributed by atoms with van der Waals surface area (Å²) in [6, 6.07) is 0.833. The Morgan fingerprint density at radius 1 is 1.58 bits per heavy atom. The fourth-order valence-electron chi connectivity index (χ4n) is 2.51. The second-order valence-corrected chi connectivity index (χ2v) is 5.06. The third-order valence-electron chi connectivity index (χ3n) is 3.23. The second-order valence-electron chi connectivity index (χ2n) is 4.04. The molecule has 2 rings (SSSR count). The summed E-state index contributed by atoms with van der Waals surface area (Å²) in [4.78, 5) is 2.53. The number of allylic oxidation sites excluding steroid dienone is 1. The number of hydrogen-bond acceptors (Lipinski definition) is 1. The maximum absolute atomic E-state index is 3.61. The number of likely N-dealkylation sites (tertiary alicyclic amines) is 1. The van der Waals surface area contributed by atoms with Crippen LogP contribution in [0.25, 0.3) is 0 Å². The minimum absolute atomic E-state index is 0.833. The van der Waals surface area contributed by atoms with Crippen molar-refractivity contribution in [1.29, 1.82) is 0 Å². The molecule has 2 aliphatic rings. The molecule has 1 heterocycles. The summed E-state index contributed by atoms with van der Waals surface area (Å²) < 4.78 is 1.43. The van der Waals surface area contributed by atoms with Gasteiger partial charge in [0, 0.05) is 6.04 Å². The lowest BCUT2D eigenvalue weighted by Crippen LogP contribution is -2.43. The van der Waals surface area contributed by atoms with Crippen molar-refractivity contribution >= 4 is 15.9 Å². The monoisotopic (exact) mass is 229 g/mol. The van der Waals surface area contributed by atoms with Crippen LogP contribution in [0.3, 0.4) is 0 Å². The van der Waals surface area contributed by atoms with E-state index in [4.69, 9.17) is 0 Å². The zero-order valence-electron chi connectivity index (χ0n) is 7.59. The largest absolute Gasteiger partial charge is 0.303 e. The Morgan fingerprint density at radius 2 is 2.42 bits per heavy atom. The molecule has 12 heavy (non-hydrogen) atoms. The first-order chi connectivity index (χ1) is 5.77. The third kappa shape index (κ3) is 1.60. The van der Waals surface area contributed by atoms with E-state index in [9.17, 15) is 0 Å². The van der Waals surface area contributed by atoms with Crippen LogP contribution in [0.15, 0.2) is 10.6 Å². The predicted octanol–water partition coefficient (Wildman–Crippen LogP) is 2.77. The zero-order chi connectivity index (χ0) is 8.55. The number of fused-ring (bicyclic) bond motifs is 1. The van der Waals surface area contributed by atoms with Gasteiger partial charge in [0.1, 0.15) is 0 Å². The van der Waals surface area contributed by atoms with Gasteiger partial charge in [-0.05, 0) is 49.7 Å². The Kier molecular flexibility index (Phi) is 2.56. The van der Waals surface area contributed by atoms with E-state index in [0.29, 0.717) is 0 Å². The first-order valence-electron chi connectivity index (χ1n) is 4.82. The topological polar surface area (TPSA) is 3.24 Å². The smallest absolute Gasteiger partial charge is 0.0159 e. The van der Waals surface area contributed by atoms with Crippen LogP contribution in [0.1, 0.15) is 25.7 Å². The highest BCUT2D eigenvalue weighted by Gasteiger charge is 2.30. The summed E-state index contributed by atoms with van der Waals surface area (Å²) in [5.41, 5.74) is 0. The molecule has 1 saturated heterocycles. The average Bonchev–Trinajstić information content (AvgIpc) is 2.04. The molecule has 0 N–H and O–H groups in total. The van der Waals surface area contributed by atoms with Gasteiger partial charge in [-0.15, -0.1) is 0 Å². The van der Waals surface area contributed by atoms with Crippen molar-refractivity contribution in [3.63, 3.8) is 0 Å². The Balaban J connectivity index is 2.09. The van der Waals surface area contributed by atoms with Gasteiger partial charge in [-0.2, -0.15) is 0 Å². The highest BCUT2D eigenvalue weighted by atomic mass is 79.9. The van der Waals surface area contributed by atoms with Crippen LogP contribution in [0.4, 0.5) is 0 Å². The molecule has 1 nitrogen and oxygen atoms in total. The Hall–Kier alpha value is 0.180. The summed E-state index contributed by atoms with van der Waals surface area (Å²) in [7, 11) is 2.27. The Labute approximate surface area is 82.9 Å². The van der Waals surface area contributed by atoms with Gasteiger partial charge < -0.3 is 4.90 Å². The van der Waals surface area contributed by atoms with E-state index in [-0.39, 0.29) is 0 Å². The van der Waals surface area contributed by atoms with E-state index in [1.807, 2.05) is 0 Å². The van der Waals surface area contributed by atoms with Crippen LogP contribution in [-0.2, 0) is 0 Å². The molecule has 0 aromatic heterocycles. The normalized spacial score (nSPS) is 37.3. The molecule has 0 aromatic carbocycles. The van der Waals surface area contributed by atoms with Crippen LogP contribution in [-0.4, -0.2) is 24.5 Å². The number of halogens is 1. The van der Waals surface area contributed by atoms with Crippen LogP contribution in [0.5, 0.6) is 0 Å². The van der Waals surface area contributed by atoms with Crippen molar-refractivity contribution in [1.82, 2.24) is 4.90 Å². The maximum Gasteiger partial charge on any atom is 0.0159 e. The molecule has 2 atom stereocenters. The highest BCUT2D eigenvalue weighted by molar-refractivity contribution is 9.11. The number of nitrogens with zero attached hydrogens (tertiary/aromatic N) is 1. The molecule has 2 heteroatoms. The first kappa shape index (κ1) is 8.76. The molecule has 0 radical (unpaired) electrons. The van der Waals surface area contributed by atoms with Crippen molar-refractivity contribution in [2.45, 2.75) is 31.7 Å². The van der Waals surface area contributed by atoms with E-state index in [1.165, 1.54) is 36.7 Å². The van der Waals surface area contributed by atoms with E-state index in [2.05, 4.69) is 34.0 Å². The average molecular weight is 230 g/mol. The minimum Gasteiger partial charge on any atom is -0.303 e. The van der Waals surface area contributed by atoms with Gasteiger partial charge in [0.05, 0.1) is 0 Å². The standard InChI is InChI=1S/C10H16BrN/c1-12-6-2-3-8-7-9(11)4-5-10(8)12/h4,8,10H,2-3,5-7H2,1H3/t8?,10-/m0/s1. The quantitative estimate of drug-likeness (QED) is 0.618. The first-order valence-corrected chi connectivity index (χ1v) is 5.61. The van der Waals surface area contributed by atoms with E-state index in [0.717, 1.165) is 12.0 Å². The molecule has 0 bridgehead atoms. The van der Waals surface area contributed by atoms with Crippen LogP contribution < -0.4 is 0 Å². The van der Waals surface area contributed by atoms with Crippen LogP contribution >= 0.6 is 15.9 Å². The third-order valence-corrected chi connectivity index (χ3v) is 3.88. The molecule has 0 saturated carbocycles. The van der Waals surface area contributed by atoms with Crippen molar-refractivity contribution in [2.75, 3.05) is 13.6 Å². The predicted molar refractivity (Wildman–Crippen MR) is 55.4 cm³/mol. The van der Waals surface area contributed by atoms with Crippen molar-refractivity contribution in [3.05, 3.63) is 10.6 Å². The molecule has 0 spiro atoms. The molecular weight excluding hydrogens is 214 g/mol. The van der Waals surface area contributed by atoms with Gasteiger partial charge in [-0.25, -0.2) is 0 Å². The molecule has 1 aliphatic heterocycles. The molecular formula is C10H16BrN. The number of piperidine rings is 1. The molecule has 0 aromatic rings. The van der Waals surface area contributed by atoms with Gasteiger partial charge in [-0.3, -0.25) is 0 Å². The fraction of sp³-hybridized carbons (Fsp3) is 0.800. The summed E-state index contributed by atoms with van der Waals surface area (Å²) in [5.74, 6) is 0.920. The van der Waals surface area contributed by atoms with E-state index < -0.39 is 0 Å². The lowest BCUT2D eigenvalue weighted by Gasteiger charge is -2.41. The minimum atomic E-state index is 0.833. The van der Waals surface area contributed by atoms with Crippen molar-refractivity contribution < 1.29 is 0 Å². The summed E-state index contributed by atoms with van der Waals surface area (Å²) >= 11 is 3.61. The van der Waals surface area contributed by atoms with Gasteiger partial charge in [0.15, 0.2) is 0 Å². The lowest BCUT2D eigenvalue weighted by molar-refractivity contribution is 0.118. The van der Waals surface area contributed by atoms with Gasteiger partial charge in [0.2, 0.25) is 0 Å². The Bertz CT molecular complexity index is 200. The van der Waals surface area contributed by atoms with Gasteiger partial charge in [-0.1, -0.05) is 22.0 Å². The van der Waals surface area contributed by atoms with Gasteiger partial charge in [0.25, 0.3) is 0 Å². The lowest BCUT2D eigenvalue weighted by atomic mass is 9.82. The maximum atomic E-state index is 3.61. The fourth-order valence-corrected chi connectivity index (χ4v) is 3.12. The Morgan fingerprint density at radius 3 is 3.25 bits per heavy atom. The van der Waals surface area contributed by atoms with E-state index >= 15 is 0 Å². The molecule has 1 fully saturated rings. The molecule has 0 amide bonds. The second kappa shape index (κ2) is 3.51. The van der Waals surface area contributed by atoms with Crippen molar-refractivity contribution in [3.8, 4) is 0 Å². The summed E-state index contributed by atoms with van der Waals surface area (Å²) in [6.07, 6.45) is 7.69.